The van der Waals surface area contributed by atoms with Crippen molar-refractivity contribution >= 4 is 17.4 Å². The van der Waals surface area contributed by atoms with Crippen molar-refractivity contribution in [1.29, 1.82) is 0 Å². The number of pyridine rings is 1. The number of hydrogen-bond acceptors (Lipinski definition) is 6. The number of unbranched alkanes of at least 4 members (excludes halogenated alkanes) is 1. The Balaban J connectivity index is 2.04. The molecule has 0 aliphatic carbocycles. The second kappa shape index (κ2) is 10.2. The van der Waals surface area contributed by atoms with Gasteiger partial charge in [0.2, 0.25) is 0 Å². The van der Waals surface area contributed by atoms with Gasteiger partial charge in [0.15, 0.2) is 0 Å². The molecule has 31 heavy (non-hydrogen) atoms. The average molecular weight is 424 g/mol. The van der Waals surface area contributed by atoms with Crippen LogP contribution in [0.15, 0.2) is 48.3 Å². The van der Waals surface area contributed by atoms with Crippen molar-refractivity contribution < 1.29 is 24.2 Å². The van der Waals surface area contributed by atoms with Crippen LogP contribution in [0.25, 0.3) is 5.76 Å². The number of carbonyl (C=O) groups is 2. The fraction of sp³-hybridized carbons (Fsp3) is 0.375. The molecule has 1 aromatic heterocycles. The molecule has 1 saturated heterocycles. The van der Waals surface area contributed by atoms with Crippen molar-refractivity contribution in [1.82, 2.24) is 9.88 Å². The molecule has 0 saturated carbocycles. The number of rotatable bonds is 9. The minimum Gasteiger partial charge on any atom is -0.507 e. The van der Waals surface area contributed by atoms with Gasteiger partial charge >= 0.3 is 0 Å². The third-order valence-electron chi connectivity index (χ3n) is 5.32. The zero-order valence-electron chi connectivity index (χ0n) is 18.1. The zero-order chi connectivity index (χ0) is 22.4. The lowest BCUT2D eigenvalue weighted by Crippen LogP contribution is -2.32. The van der Waals surface area contributed by atoms with Crippen LogP contribution >= 0.6 is 0 Å². The van der Waals surface area contributed by atoms with E-state index in [0.29, 0.717) is 23.5 Å². The van der Waals surface area contributed by atoms with Crippen LogP contribution < -0.4 is 4.74 Å². The minimum atomic E-state index is -0.710. The van der Waals surface area contributed by atoms with Crippen LogP contribution in [0, 0.1) is 6.92 Å². The zero-order valence-corrected chi connectivity index (χ0v) is 18.1. The highest BCUT2D eigenvalue weighted by Gasteiger charge is 2.45. The van der Waals surface area contributed by atoms with Gasteiger partial charge in [-0.1, -0.05) is 13.3 Å². The highest BCUT2D eigenvalue weighted by molar-refractivity contribution is 6.46. The number of aromatic nitrogens is 1. The predicted octanol–water partition coefficient (Wildman–Crippen LogP) is 3.64. The molecular formula is C24H28N2O5. The second-order valence-corrected chi connectivity index (χ2v) is 7.44. The van der Waals surface area contributed by atoms with E-state index >= 15 is 0 Å². The van der Waals surface area contributed by atoms with Crippen molar-refractivity contribution in [2.45, 2.75) is 32.7 Å². The summed E-state index contributed by atoms with van der Waals surface area (Å²) in [7, 11) is 1.53. The molecule has 1 amide bonds. The van der Waals surface area contributed by atoms with Gasteiger partial charge in [-0.05, 0) is 54.8 Å². The summed E-state index contributed by atoms with van der Waals surface area (Å²) in [4.78, 5) is 31.2. The molecule has 0 radical (unpaired) electrons. The van der Waals surface area contributed by atoms with Crippen LogP contribution in [0.4, 0.5) is 0 Å². The van der Waals surface area contributed by atoms with Crippen LogP contribution in [-0.4, -0.2) is 53.5 Å². The number of methoxy groups -OCH3 is 1. The monoisotopic (exact) mass is 424 g/mol. The lowest BCUT2D eigenvalue weighted by Gasteiger charge is -2.25. The number of likely N-dealkylation sites (tertiary alicyclic amines) is 1. The first-order valence-corrected chi connectivity index (χ1v) is 10.4. The Morgan fingerprint density at radius 2 is 1.90 bits per heavy atom. The minimum absolute atomic E-state index is 0.0649. The molecule has 1 fully saturated rings. The smallest absolute Gasteiger partial charge is 0.295 e. The molecule has 0 spiro atoms. The number of benzene rings is 1. The van der Waals surface area contributed by atoms with E-state index in [1.165, 1.54) is 12.0 Å². The van der Waals surface area contributed by atoms with Crippen LogP contribution in [0.2, 0.25) is 0 Å². The lowest BCUT2D eigenvalue weighted by atomic mass is 9.94. The van der Waals surface area contributed by atoms with E-state index in [1.807, 2.05) is 13.0 Å². The Morgan fingerprint density at radius 1 is 1.16 bits per heavy atom. The van der Waals surface area contributed by atoms with E-state index in [9.17, 15) is 14.7 Å². The van der Waals surface area contributed by atoms with Gasteiger partial charge in [0, 0.05) is 31.6 Å². The molecule has 1 aliphatic rings. The number of aliphatic hydroxyl groups is 1. The van der Waals surface area contributed by atoms with Crippen LogP contribution in [-0.2, 0) is 14.3 Å². The highest BCUT2D eigenvalue weighted by Crippen LogP contribution is 2.39. The number of Topliss-reactive ketones (excluding diaryl/α,β-unsaturated/α-hetero) is 1. The van der Waals surface area contributed by atoms with Gasteiger partial charge in [0.1, 0.15) is 11.5 Å². The summed E-state index contributed by atoms with van der Waals surface area (Å²) in [6.45, 7) is 5.06. The summed E-state index contributed by atoms with van der Waals surface area (Å²) >= 11 is 0. The maximum atomic E-state index is 12.9. The van der Waals surface area contributed by atoms with Crippen molar-refractivity contribution in [3.63, 3.8) is 0 Å². The molecule has 7 nitrogen and oxygen atoms in total. The molecule has 7 heteroatoms. The molecule has 2 aromatic rings. The quantitative estimate of drug-likeness (QED) is 0.286. The van der Waals surface area contributed by atoms with Crippen LogP contribution in [0.5, 0.6) is 5.75 Å². The maximum absolute atomic E-state index is 12.9. The van der Waals surface area contributed by atoms with E-state index in [0.717, 1.165) is 18.4 Å². The molecule has 0 bridgehead atoms. The van der Waals surface area contributed by atoms with Gasteiger partial charge in [0.25, 0.3) is 11.7 Å². The van der Waals surface area contributed by atoms with E-state index < -0.39 is 17.7 Å². The standard InChI is InChI=1S/C24H28N2O5/c1-4-5-13-31-18-6-7-19(16(2)15-18)22(27)20-21(17-8-10-25-11-9-17)26(12-14-30-3)24(29)23(20)28/h6-11,15,21,27H,4-5,12-14H2,1-3H3/b22-20+/t21-/m1/s1. The number of nitrogens with zero attached hydrogens (tertiary/aromatic N) is 2. The van der Waals surface area contributed by atoms with Crippen molar-refractivity contribution in [3.8, 4) is 5.75 Å². The molecular weight excluding hydrogens is 396 g/mol. The lowest BCUT2D eigenvalue weighted by molar-refractivity contribution is -0.140. The number of aliphatic hydroxyl groups excluding tert-OH is 1. The number of ether oxygens (including phenoxy) is 2. The molecule has 164 valence electrons. The van der Waals surface area contributed by atoms with Gasteiger partial charge in [-0.15, -0.1) is 0 Å². The van der Waals surface area contributed by atoms with E-state index in [-0.39, 0.29) is 24.5 Å². The van der Waals surface area contributed by atoms with Crippen molar-refractivity contribution in [2.75, 3.05) is 26.9 Å². The summed E-state index contributed by atoms with van der Waals surface area (Å²) in [6.07, 6.45) is 5.19. The molecule has 2 heterocycles. The largest absolute Gasteiger partial charge is 0.507 e. The Morgan fingerprint density at radius 3 is 2.55 bits per heavy atom. The Kier molecular flexibility index (Phi) is 7.41. The number of aryl methyl sites for hydroxylation is 1. The van der Waals surface area contributed by atoms with Gasteiger partial charge in [0.05, 0.1) is 24.8 Å². The fourth-order valence-electron chi connectivity index (χ4n) is 3.66. The Hall–Kier alpha value is -3.19. The topological polar surface area (TPSA) is 89.0 Å². The van der Waals surface area contributed by atoms with Gasteiger partial charge in [-0.2, -0.15) is 0 Å². The molecule has 1 aromatic carbocycles. The molecule has 0 unspecified atom stereocenters. The van der Waals surface area contributed by atoms with Crippen molar-refractivity contribution in [2.24, 2.45) is 0 Å². The first-order valence-electron chi connectivity index (χ1n) is 10.4. The molecule has 1 aliphatic heterocycles. The number of amides is 1. The van der Waals surface area contributed by atoms with E-state index in [4.69, 9.17) is 9.47 Å². The number of carbonyl (C=O) groups excluding carboxylic acids is 2. The fourth-order valence-corrected chi connectivity index (χ4v) is 3.66. The Labute approximate surface area is 182 Å². The number of hydrogen-bond donors (Lipinski definition) is 1. The van der Waals surface area contributed by atoms with E-state index in [1.54, 1.807) is 36.7 Å². The van der Waals surface area contributed by atoms with Gasteiger partial charge in [-0.3, -0.25) is 14.6 Å². The molecule has 3 rings (SSSR count). The molecule has 1 atom stereocenters. The molecule has 1 N–H and O–H groups in total. The van der Waals surface area contributed by atoms with Crippen molar-refractivity contribution in [3.05, 3.63) is 65.0 Å². The average Bonchev–Trinajstić information content (AvgIpc) is 3.03. The first-order chi connectivity index (χ1) is 15.0. The first kappa shape index (κ1) is 22.5. The maximum Gasteiger partial charge on any atom is 0.295 e. The SMILES string of the molecule is CCCCOc1ccc(/C(O)=C2\C(=O)C(=O)N(CCOC)[C@@H]2c2ccncc2)c(C)c1. The summed E-state index contributed by atoms with van der Waals surface area (Å²) in [5.74, 6) is -0.859. The normalized spacial score (nSPS) is 17.9. The van der Waals surface area contributed by atoms with Gasteiger partial charge in [-0.25, -0.2) is 0 Å². The summed E-state index contributed by atoms with van der Waals surface area (Å²) in [6, 6.07) is 8.08. The van der Waals surface area contributed by atoms with Crippen LogP contribution in [0.3, 0.4) is 0 Å². The van der Waals surface area contributed by atoms with Crippen LogP contribution in [0.1, 0.15) is 42.5 Å². The third kappa shape index (κ3) is 4.77. The Bertz CT molecular complexity index is 971. The van der Waals surface area contributed by atoms with Gasteiger partial charge < -0.3 is 19.5 Å². The highest BCUT2D eigenvalue weighted by atomic mass is 16.5. The predicted molar refractivity (Wildman–Crippen MR) is 117 cm³/mol. The third-order valence-corrected chi connectivity index (χ3v) is 5.32. The summed E-state index contributed by atoms with van der Waals surface area (Å²) in [5.41, 5.74) is 2.01. The number of ketones is 1. The summed E-state index contributed by atoms with van der Waals surface area (Å²) < 4.78 is 10.8. The van der Waals surface area contributed by atoms with E-state index in [2.05, 4.69) is 11.9 Å². The summed E-state index contributed by atoms with van der Waals surface area (Å²) in [5, 5.41) is 11.2. The second-order valence-electron chi connectivity index (χ2n) is 7.44.